The molecule has 0 heterocycles. The predicted molar refractivity (Wildman–Crippen MR) is 113 cm³/mol. The Morgan fingerprint density at radius 2 is 1.71 bits per heavy atom. The minimum Gasteiger partial charge on any atom is -0.340 e. The smallest absolute Gasteiger partial charge is 0.252 e. The summed E-state index contributed by atoms with van der Waals surface area (Å²) in [7, 11) is 0. The fourth-order valence-corrected chi connectivity index (χ4v) is 2.99. The van der Waals surface area contributed by atoms with Crippen molar-refractivity contribution >= 4 is 11.8 Å². The summed E-state index contributed by atoms with van der Waals surface area (Å²) in [4.78, 5) is 27.6. The van der Waals surface area contributed by atoms with E-state index < -0.39 is 6.04 Å². The molecule has 4 nitrogen and oxygen atoms in total. The molecule has 0 saturated heterocycles. The third-order valence-corrected chi connectivity index (χ3v) is 4.70. The first-order valence-electron chi connectivity index (χ1n) is 9.47. The summed E-state index contributed by atoms with van der Waals surface area (Å²) >= 11 is 0. The lowest BCUT2D eigenvalue weighted by molar-refractivity contribution is -0.134. The molecule has 0 aromatic heterocycles. The zero-order valence-electron chi connectivity index (χ0n) is 17.0. The highest BCUT2D eigenvalue weighted by molar-refractivity contribution is 5.98. The van der Waals surface area contributed by atoms with E-state index in [1.54, 1.807) is 11.0 Å². The molecule has 1 N–H and O–H groups in total. The molecular formula is C24H28N2O2. The third-order valence-electron chi connectivity index (χ3n) is 4.70. The topological polar surface area (TPSA) is 49.4 Å². The van der Waals surface area contributed by atoms with E-state index in [0.29, 0.717) is 12.1 Å². The van der Waals surface area contributed by atoms with E-state index >= 15 is 0 Å². The van der Waals surface area contributed by atoms with Gasteiger partial charge in [0.2, 0.25) is 5.91 Å². The van der Waals surface area contributed by atoms with Crippen LogP contribution in [0.25, 0.3) is 0 Å². The molecular weight excluding hydrogens is 348 g/mol. The van der Waals surface area contributed by atoms with Gasteiger partial charge in [-0.1, -0.05) is 67.8 Å². The molecule has 0 aliphatic rings. The number of benzene rings is 2. The molecule has 0 fully saturated rings. The highest BCUT2D eigenvalue weighted by atomic mass is 16.2. The first kappa shape index (κ1) is 21.2. The SMILES string of the molecule is C#CCN(Cc1ccc(C)cc1)C(=O)C(NC(=O)c1ccccc1C)C(C)C. The summed E-state index contributed by atoms with van der Waals surface area (Å²) < 4.78 is 0. The van der Waals surface area contributed by atoms with Gasteiger partial charge in [-0.15, -0.1) is 6.42 Å². The predicted octanol–water partition coefficient (Wildman–Crippen LogP) is 3.72. The van der Waals surface area contributed by atoms with Gasteiger partial charge in [0.15, 0.2) is 0 Å². The van der Waals surface area contributed by atoms with Crippen LogP contribution in [0.1, 0.15) is 40.9 Å². The molecule has 28 heavy (non-hydrogen) atoms. The highest BCUT2D eigenvalue weighted by Gasteiger charge is 2.29. The molecule has 2 rings (SSSR count). The number of nitrogens with one attached hydrogen (secondary N) is 1. The van der Waals surface area contributed by atoms with Crippen LogP contribution in [0.3, 0.4) is 0 Å². The van der Waals surface area contributed by atoms with Crippen molar-refractivity contribution in [2.45, 2.75) is 40.3 Å². The molecule has 2 aromatic rings. The molecule has 2 aromatic carbocycles. The number of rotatable bonds is 7. The summed E-state index contributed by atoms with van der Waals surface area (Å²) in [5.74, 6) is 2.07. The van der Waals surface area contributed by atoms with Gasteiger partial charge in [-0.05, 0) is 37.0 Å². The zero-order valence-corrected chi connectivity index (χ0v) is 17.0. The van der Waals surface area contributed by atoms with Crippen molar-refractivity contribution in [3.8, 4) is 12.3 Å². The maximum absolute atomic E-state index is 13.2. The second kappa shape index (κ2) is 9.75. The molecule has 0 spiro atoms. The second-order valence-corrected chi connectivity index (χ2v) is 7.39. The van der Waals surface area contributed by atoms with Crippen molar-refractivity contribution in [1.29, 1.82) is 0 Å². The van der Waals surface area contributed by atoms with E-state index in [-0.39, 0.29) is 24.3 Å². The first-order valence-corrected chi connectivity index (χ1v) is 9.47. The van der Waals surface area contributed by atoms with Gasteiger partial charge in [0, 0.05) is 12.1 Å². The summed E-state index contributed by atoms with van der Waals surface area (Å²) in [5.41, 5.74) is 3.60. The van der Waals surface area contributed by atoms with Gasteiger partial charge in [-0.2, -0.15) is 0 Å². The molecule has 0 saturated carbocycles. The summed E-state index contributed by atoms with van der Waals surface area (Å²) in [6, 6.07) is 14.7. The van der Waals surface area contributed by atoms with Gasteiger partial charge < -0.3 is 10.2 Å². The molecule has 0 aliphatic heterocycles. The van der Waals surface area contributed by atoms with Gasteiger partial charge in [0.1, 0.15) is 6.04 Å². The molecule has 0 radical (unpaired) electrons. The lowest BCUT2D eigenvalue weighted by atomic mass is 10.0. The normalized spacial score (nSPS) is 11.6. The minimum atomic E-state index is -0.647. The van der Waals surface area contributed by atoms with E-state index in [0.717, 1.165) is 16.7 Å². The van der Waals surface area contributed by atoms with Gasteiger partial charge in [-0.25, -0.2) is 0 Å². The molecule has 4 heteroatoms. The molecule has 0 aliphatic carbocycles. The standard InChI is InChI=1S/C24H28N2O2/c1-6-15-26(16-20-13-11-18(4)12-14-20)24(28)22(17(2)3)25-23(27)21-10-8-7-9-19(21)5/h1,7-14,17,22H,15-16H2,2-5H3,(H,25,27). The zero-order chi connectivity index (χ0) is 20.7. The summed E-state index contributed by atoms with van der Waals surface area (Å²) in [6.45, 7) is 8.33. The summed E-state index contributed by atoms with van der Waals surface area (Å²) in [5, 5.41) is 2.91. The van der Waals surface area contributed by atoms with Crippen LogP contribution in [-0.2, 0) is 11.3 Å². The Hall–Kier alpha value is -3.06. The third kappa shape index (κ3) is 5.47. The first-order chi connectivity index (χ1) is 13.3. The average Bonchev–Trinajstić information content (AvgIpc) is 2.67. The van der Waals surface area contributed by atoms with Crippen molar-refractivity contribution in [2.75, 3.05) is 6.54 Å². The number of hydrogen-bond donors (Lipinski definition) is 1. The van der Waals surface area contributed by atoms with Crippen LogP contribution < -0.4 is 5.32 Å². The number of terminal acetylenes is 1. The van der Waals surface area contributed by atoms with Crippen LogP contribution in [0.2, 0.25) is 0 Å². The average molecular weight is 377 g/mol. The Labute approximate surface area is 167 Å². The van der Waals surface area contributed by atoms with E-state index in [2.05, 4.69) is 11.2 Å². The van der Waals surface area contributed by atoms with E-state index in [1.807, 2.05) is 70.2 Å². The van der Waals surface area contributed by atoms with Crippen molar-refractivity contribution in [3.05, 3.63) is 70.8 Å². The van der Waals surface area contributed by atoms with Crippen LogP contribution in [0.5, 0.6) is 0 Å². The number of aryl methyl sites for hydroxylation is 2. The highest BCUT2D eigenvalue weighted by Crippen LogP contribution is 2.14. The molecule has 146 valence electrons. The van der Waals surface area contributed by atoms with Crippen molar-refractivity contribution in [3.63, 3.8) is 0 Å². The van der Waals surface area contributed by atoms with Crippen LogP contribution >= 0.6 is 0 Å². The van der Waals surface area contributed by atoms with Crippen LogP contribution in [0, 0.1) is 32.1 Å². The van der Waals surface area contributed by atoms with Gasteiger partial charge in [0.05, 0.1) is 6.54 Å². The van der Waals surface area contributed by atoms with Gasteiger partial charge in [0.25, 0.3) is 5.91 Å². The second-order valence-electron chi connectivity index (χ2n) is 7.39. The summed E-state index contributed by atoms with van der Waals surface area (Å²) in [6.07, 6.45) is 5.50. The number of nitrogens with zero attached hydrogens (tertiary/aromatic N) is 1. The van der Waals surface area contributed by atoms with Gasteiger partial charge >= 0.3 is 0 Å². The number of amides is 2. The van der Waals surface area contributed by atoms with Crippen LogP contribution in [-0.4, -0.2) is 29.3 Å². The number of carbonyl (C=O) groups is 2. The van der Waals surface area contributed by atoms with Gasteiger partial charge in [-0.3, -0.25) is 9.59 Å². The molecule has 0 bridgehead atoms. The molecule has 1 atom stereocenters. The lowest BCUT2D eigenvalue weighted by Gasteiger charge is -2.29. The fraction of sp³-hybridized carbons (Fsp3) is 0.333. The molecule has 2 amide bonds. The van der Waals surface area contributed by atoms with Crippen LogP contribution in [0.4, 0.5) is 0 Å². The monoisotopic (exact) mass is 376 g/mol. The number of hydrogen-bond acceptors (Lipinski definition) is 2. The van der Waals surface area contributed by atoms with E-state index in [4.69, 9.17) is 6.42 Å². The Morgan fingerprint density at radius 1 is 1.07 bits per heavy atom. The maximum atomic E-state index is 13.2. The van der Waals surface area contributed by atoms with Crippen molar-refractivity contribution in [1.82, 2.24) is 10.2 Å². The lowest BCUT2D eigenvalue weighted by Crippen LogP contribution is -2.51. The van der Waals surface area contributed by atoms with E-state index in [9.17, 15) is 9.59 Å². The minimum absolute atomic E-state index is 0.0706. The van der Waals surface area contributed by atoms with Crippen LogP contribution in [0.15, 0.2) is 48.5 Å². The largest absolute Gasteiger partial charge is 0.340 e. The quantitative estimate of drug-likeness (QED) is 0.749. The Kier molecular flexibility index (Phi) is 7.40. The fourth-order valence-electron chi connectivity index (χ4n) is 2.99. The Morgan fingerprint density at radius 3 is 2.29 bits per heavy atom. The van der Waals surface area contributed by atoms with E-state index in [1.165, 1.54) is 0 Å². The van der Waals surface area contributed by atoms with Crippen molar-refractivity contribution in [2.24, 2.45) is 5.92 Å². The Balaban J connectivity index is 2.20. The molecule has 1 unspecified atom stereocenters. The number of carbonyl (C=O) groups excluding carboxylic acids is 2. The van der Waals surface area contributed by atoms with Crippen molar-refractivity contribution < 1.29 is 9.59 Å². The maximum Gasteiger partial charge on any atom is 0.252 e. The Bertz CT molecular complexity index is 863.